The van der Waals surface area contributed by atoms with Crippen LogP contribution < -0.4 is 0 Å². The van der Waals surface area contributed by atoms with E-state index in [9.17, 15) is 4.79 Å². The Morgan fingerprint density at radius 2 is 2.00 bits per heavy atom. The summed E-state index contributed by atoms with van der Waals surface area (Å²) in [7, 11) is 0. The first-order chi connectivity index (χ1) is 19.2. The van der Waals surface area contributed by atoms with Gasteiger partial charge in [-0.2, -0.15) is 4.68 Å². The predicted octanol–water partition coefficient (Wildman–Crippen LogP) is 5.26. The Bertz CT molecular complexity index is 1580. The van der Waals surface area contributed by atoms with Crippen molar-refractivity contribution in [1.82, 2.24) is 40.1 Å². The minimum absolute atomic E-state index is 0.0909. The van der Waals surface area contributed by atoms with Gasteiger partial charge in [-0.05, 0) is 65.2 Å². The van der Waals surface area contributed by atoms with Crippen LogP contribution in [0.4, 0.5) is 0 Å². The third-order valence-electron chi connectivity index (χ3n) is 6.97. The summed E-state index contributed by atoms with van der Waals surface area (Å²) < 4.78 is 1.54. The van der Waals surface area contributed by atoms with Crippen molar-refractivity contribution >= 4 is 23.6 Å². The molecule has 4 heterocycles. The second kappa shape index (κ2) is 11.0. The topological polar surface area (TPSA) is 105 Å². The number of halogens is 1. The molecule has 10 heteroatoms. The summed E-state index contributed by atoms with van der Waals surface area (Å²) >= 11 is 6.28. The minimum atomic E-state index is -0.262. The van der Waals surface area contributed by atoms with Gasteiger partial charge in [-0.3, -0.25) is 9.78 Å². The number of tetrazole rings is 1. The summed E-state index contributed by atoms with van der Waals surface area (Å²) in [6, 6.07) is 19.3. The van der Waals surface area contributed by atoms with Crippen molar-refractivity contribution in [3.63, 3.8) is 0 Å². The van der Waals surface area contributed by atoms with Crippen LogP contribution in [0, 0.1) is 0 Å². The summed E-state index contributed by atoms with van der Waals surface area (Å²) in [6.07, 6.45) is 12.1. The number of amides is 1. The zero-order valence-corrected chi connectivity index (χ0v) is 21.7. The number of H-pyrrole nitrogens is 1. The van der Waals surface area contributed by atoms with Crippen molar-refractivity contribution in [2.45, 2.75) is 24.8 Å². The maximum Gasteiger partial charge on any atom is 0.247 e. The van der Waals surface area contributed by atoms with Crippen molar-refractivity contribution in [2.24, 2.45) is 0 Å². The van der Waals surface area contributed by atoms with Gasteiger partial charge in [0.25, 0.3) is 0 Å². The molecule has 0 spiro atoms. The summed E-state index contributed by atoms with van der Waals surface area (Å²) in [5.74, 6) is 0.733. The van der Waals surface area contributed by atoms with Gasteiger partial charge in [0.1, 0.15) is 12.2 Å². The van der Waals surface area contributed by atoms with Crippen LogP contribution in [0.5, 0.6) is 0 Å². The molecular formula is C29H25ClN8O. The molecule has 9 nitrogen and oxygen atoms in total. The molecule has 0 bridgehead atoms. The number of carbonyl (C=O) groups excluding carboxylic acids is 1. The minimum Gasteiger partial charge on any atom is -0.346 e. The van der Waals surface area contributed by atoms with Crippen LogP contribution in [0.1, 0.15) is 41.8 Å². The molecule has 0 radical (unpaired) electrons. The molecule has 2 aromatic carbocycles. The van der Waals surface area contributed by atoms with Crippen LogP contribution in [0.15, 0.2) is 91.7 Å². The second-order valence-electron chi connectivity index (χ2n) is 9.34. The number of rotatable bonds is 6. The van der Waals surface area contributed by atoms with E-state index in [0.29, 0.717) is 11.6 Å². The van der Waals surface area contributed by atoms with E-state index in [1.165, 1.54) is 11.9 Å². The van der Waals surface area contributed by atoms with Crippen LogP contribution in [-0.4, -0.2) is 52.5 Å². The quantitative estimate of drug-likeness (QED) is 0.297. The van der Waals surface area contributed by atoms with E-state index in [2.05, 4.69) is 37.6 Å². The van der Waals surface area contributed by atoms with E-state index in [0.717, 1.165) is 41.2 Å². The number of carbonyl (C=O) groups is 1. The fraction of sp³-hybridized carbons (Fsp3) is 0.172. The smallest absolute Gasteiger partial charge is 0.247 e. The largest absolute Gasteiger partial charge is 0.346 e. The number of benzene rings is 2. The molecule has 5 aromatic rings. The second-order valence-corrected chi connectivity index (χ2v) is 9.78. The highest BCUT2D eigenvalue weighted by atomic mass is 35.5. The van der Waals surface area contributed by atoms with E-state index in [-0.39, 0.29) is 17.9 Å². The molecule has 1 aliphatic heterocycles. The highest BCUT2D eigenvalue weighted by molar-refractivity contribution is 6.30. The fourth-order valence-electron chi connectivity index (χ4n) is 5.18. The zero-order chi connectivity index (χ0) is 26.6. The number of hydrogen-bond acceptors (Lipinski definition) is 6. The number of aromatic nitrogens is 7. The van der Waals surface area contributed by atoms with Crippen LogP contribution in [0.25, 0.3) is 23.0 Å². The van der Waals surface area contributed by atoms with Gasteiger partial charge in [-0.15, -0.1) is 5.10 Å². The first-order valence-electron chi connectivity index (χ1n) is 12.7. The molecule has 2 unspecified atom stereocenters. The number of imidazole rings is 1. The number of aromatic amines is 1. The first kappa shape index (κ1) is 24.7. The average molecular weight is 537 g/mol. The number of nitrogens with zero attached hydrogens (tertiary/aromatic N) is 7. The summed E-state index contributed by atoms with van der Waals surface area (Å²) in [5.41, 5.74) is 4.34. The van der Waals surface area contributed by atoms with Gasteiger partial charge in [0.05, 0.1) is 17.4 Å². The van der Waals surface area contributed by atoms with Crippen molar-refractivity contribution in [3.05, 3.63) is 114 Å². The predicted molar refractivity (Wildman–Crippen MR) is 148 cm³/mol. The molecule has 1 saturated heterocycles. The summed E-state index contributed by atoms with van der Waals surface area (Å²) in [5, 5.41) is 12.0. The molecule has 1 amide bonds. The lowest BCUT2D eigenvalue weighted by atomic mass is 9.83. The molecule has 0 saturated carbocycles. The van der Waals surface area contributed by atoms with Gasteiger partial charge in [0.2, 0.25) is 5.91 Å². The number of pyridine rings is 1. The third-order valence-corrected chi connectivity index (χ3v) is 7.20. The molecular weight excluding hydrogens is 512 g/mol. The van der Waals surface area contributed by atoms with E-state index in [4.69, 9.17) is 16.6 Å². The van der Waals surface area contributed by atoms with Gasteiger partial charge in [-0.1, -0.05) is 41.9 Å². The lowest BCUT2D eigenvalue weighted by molar-refractivity contribution is -0.130. The molecule has 39 heavy (non-hydrogen) atoms. The van der Waals surface area contributed by atoms with E-state index in [1.54, 1.807) is 41.4 Å². The molecule has 0 aliphatic carbocycles. The molecule has 1 N–H and O–H groups in total. The average Bonchev–Trinajstić information content (AvgIpc) is 3.70. The van der Waals surface area contributed by atoms with Crippen molar-refractivity contribution < 1.29 is 4.79 Å². The first-order valence-corrected chi connectivity index (χ1v) is 13.1. The van der Waals surface area contributed by atoms with Crippen molar-refractivity contribution in [3.8, 4) is 16.9 Å². The Kier molecular flexibility index (Phi) is 6.97. The lowest BCUT2D eigenvalue weighted by Crippen LogP contribution is -2.41. The maximum atomic E-state index is 13.8. The molecule has 1 fully saturated rings. The van der Waals surface area contributed by atoms with Gasteiger partial charge < -0.3 is 9.88 Å². The number of piperidine rings is 1. The maximum absolute atomic E-state index is 13.8. The Morgan fingerprint density at radius 1 is 1.10 bits per heavy atom. The lowest BCUT2D eigenvalue weighted by Gasteiger charge is -2.40. The van der Waals surface area contributed by atoms with Crippen LogP contribution in [-0.2, 0) is 4.79 Å². The molecule has 1 aliphatic rings. The normalized spacial score (nSPS) is 17.5. The Hall–Kier alpha value is -4.63. The van der Waals surface area contributed by atoms with Crippen LogP contribution in [0.3, 0.4) is 0 Å². The Morgan fingerprint density at radius 3 is 2.79 bits per heavy atom. The van der Waals surface area contributed by atoms with Gasteiger partial charge >= 0.3 is 0 Å². The van der Waals surface area contributed by atoms with E-state index in [1.807, 2.05) is 47.5 Å². The van der Waals surface area contributed by atoms with E-state index < -0.39 is 0 Å². The number of hydrogen-bond donors (Lipinski definition) is 1. The van der Waals surface area contributed by atoms with E-state index >= 15 is 0 Å². The zero-order valence-electron chi connectivity index (χ0n) is 20.9. The van der Waals surface area contributed by atoms with Crippen molar-refractivity contribution in [2.75, 3.05) is 6.54 Å². The molecule has 6 rings (SSSR count). The highest BCUT2D eigenvalue weighted by Crippen LogP contribution is 2.42. The molecule has 194 valence electrons. The molecule has 3 aromatic heterocycles. The monoisotopic (exact) mass is 536 g/mol. The molecule has 2 atom stereocenters. The summed E-state index contributed by atoms with van der Waals surface area (Å²) in [4.78, 5) is 28.2. The van der Waals surface area contributed by atoms with Gasteiger partial charge in [0.15, 0.2) is 0 Å². The third kappa shape index (κ3) is 5.21. The fourth-order valence-corrected chi connectivity index (χ4v) is 5.36. The van der Waals surface area contributed by atoms with Gasteiger partial charge in [-0.25, -0.2) is 4.98 Å². The number of likely N-dealkylation sites (tertiary alicyclic amines) is 1. The number of nitrogens with one attached hydrogen (secondary N) is 1. The summed E-state index contributed by atoms with van der Waals surface area (Å²) in [6.45, 7) is 0.621. The Balaban J connectivity index is 1.35. The Labute approximate surface area is 230 Å². The van der Waals surface area contributed by atoms with Crippen LogP contribution >= 0.6 is 11.6 Å². The standard InChI is InChI=1S/C29H25ClN8O/c30-23-11-12-26(38-19-33-35-36-38)21(16-23)10-13-27(39)37-15-5-9-24(20-6-2-1-3-7-20)28(37)29-32-18-25(34-29)22-8-4-14-31-17-22/h1-4,6-8,10-14,16-19,24,28H,5,9,15H2,(H,32,34)/b13-10+. The van der Waals surface area contributed by atoms with Crippen LogP contribution in [0.2, 0.25) is 5.02 Å². The highest BCUT2D eigenvalue weighted by Gasteiger charge is 2.37. The SMILES string of the molecule is O=C(/C=C/c1cc(Cl)ccc1-n1cnnn1)N1CCCC(c2ccccc2)C1c1nc(-c2cccnc2)c[nH]1. The van der Waals surface area contributed by atoms with Crippen molar-refractivity contribution in [1.29, 1.82) is 0 Å². The van der Waals surface area contributed by atoms with Gasteiger partial charge in [0, 0.05) is 53.3 Å².